The maximum Gasteiger partial charge on any atom is 0.222 e. The van der Waals surface area contributed by atoms with Crippen LogP contribution in [0.15, 0.2) is 30.3 Å². The quantitative estimate of drug-likeness (QED) is 0.820. The number of aliphatic hydroxyl groups excluding tert-OH is 1. The number of β-amino-alcohol motifs (C(OH)–C–C–N with tert-alkyl or cyclic N) is 1. The minimum absolute atomic E-state index is 0.236. The van der Waals surface area contributed by atoms with Crippen molar-refractivity contribution in [2.75, 3.05) is 46.3 Å². The van der Waals surface area contributed by atoms with Gasteiger partial charge in [0.1, 0.15) is 0 Å². The zero-order valence-corrected chi connectivity index (χ0v) is 15.0. The summed E-state index contributed by atoms with van der Waals surface area (Å²) in [6.45, 7) is 7.51. The fraction of sp³-hybridized carbons (Fsp3) is 0.632. The molecule has 2 rings (SSSR count). The van der Waals surface area contributed by atoms with Crippen LogP contribution in [-0.4, -0.2) is 78.1 Å². The Labute approximate surface area is 145 Å². The molecular formula is C19H31N3O2. The van der Waals surface area contributed by atoms with Crippen LogP contribution in [-0.2, 0) is 11.3 Å². The molecule has 1 aromatic rings. The second-order valence-electron chi connectivity index (χ2n) is 6.72. The van der Waals surface area contributed by atoms with Crippen LogP contribution >= 0.6 is 0 Å². The van der Waals surface area contributed by atoms with E-state index < -0.39 is 0 Å². The topological polar surface area (TPSA) is 47.0 Å². The van der Waals surface area contributed by atoms with Crippen LogP contribution in [0.3, 0.4) is 0 Å². The van der Waals surface area contributed by atoms with Crippen molar-refractivity contribution < 1.29 is 9.90 Å². The first-order valence-electron chi connectivity index (χ1n) is 8.99. The van der Waals surface area contributed by atoms with Crippen molar-refractivity contribution >= 4 is 5.91 Å². The first kappa shape index (κ1) is 18.9. The standard InChI is InChI=1S/C19H31N3O2/c1-3-19(24)22-11-7-10-21(12-13-22)16-18(23)15-20(2)14-17-8-5-4-6-9-17/h4-6,8-9,18,23H,3,7,10-16H2,1-2H3. The summed E-state index contributed by atoms with van der Waals surface area (Å²) in [6, 6.07) is 10.3. The highest BCUT2D eigenvalue weighted by Crippen LogP contribution is 2.07. The van der Waals surface area contributed by atoms with Crippen molar-refractivity contribution in [2.45, 2.75) is 32.4 Å². The van der Waals surface area contributed by atoms with Crippen LogP contribution < -0.4 is 0 Å². The minimum Gasteiger partial charge on any atom is -0.390 e. The lowest BCUT2D eigenvalue weighted by atomic mass is 10.2. The second-order valence-corrected chi connectivity index (χ2v) is 6.72. The summed E-state index contributed by atoms with van der Waals surface area (Å²) >= 11 is 0. The molecule has 134 valence electrons. The van der Waals surface area contributed by atoms with Crippen LogP contribution in [0.1, 0.15) is 25.3 Å². The summed E-state index contributed by atoms with van der Waals surface area (Å²) in [5.74, 6) is 0.236. The molecule has 0 aromatic heterocycles. The van der Waals surface area contributed by atoms with Gasteiger partial charge in [-0.05, 0) is 25.6 Å². The molecule has 1 amide bonds. The molecule has 0 aliphatic carbocycles. The van der Waals surface area contributed by atoms with Gasteiger partial charge in [-0.1, -0.05) is 37.3 Å². The van der Waals surface area contributed by atoms with E-state index in [4.69, 9.17) is 0 Å². The van der Waals surface area contributed by atoms with E-state index >= 15 is 0 Å². The fourth-order valence-electron chi connectivity index (χ4n) is 3.30. The summed E-state index contributed by atoms with van der Waals surface area (Å²) < 4.78 is 0. The molecule has 1 aliphatic heterocycles. The van der Waals surface area contributed by atoms with E-state index in [9.17, 15) is 9.90 Å². The number of rotatable bonds is 7. The number of amides is 1. The molecule has 5 nitrogen and oxygen atoms in total. The smallest absolute Gasteiger partial charge is 0.222 e. The average molecular weight is 333 g/mol. The van der Waals surface area contributed by atoms with Gasteiger partial charge >= 0.3 is 0 Å². The zero-order valence-electron chi connectivity index (χ0n) is 15.0. The Bertz CT molecular complexity index is 495. The summed E-state index contributed by atoms with van der Waals surface area (Å²) in [5, 5.41) is 10.4. The molecule has 1 aliphatic rings. The van der Waals surface area contributed by atoms with Crippen molar-refractivity contribution in [1.82, 2.24) is 14.7 Å². The van der Waals surface area contributed by atoms with Crippen molar-refractivity contribution in [3.05, 3.63) is 35.9 Å². The third kappa shape index (κ3) is 6.23. The number of benzene rings is 1. The maximum atomic E-state index is 11.8. The third-order valence-electron chi connectivity index (χ3n) is 4.53. The number of likely N-dealkylation sites (N-methyl/N-ethyl adjacent to an activating group) is 1. The van der Waals surface area contributed by atoms with E-state index in [1.807, 2.05) is 37.1 Å². The van der Waals surface area contributed by atoms with Crippen LogP contribution in [0.25, 0.3) is 0 Å². The Morgan fingerprint density at radius 3 is 2.67 bits per heavy atom. The molecule has 0 saturated carbocycles. The highest BCUT2D eigenvalue weighted by Gasteiger charge is 2.20. The number of hydrogen-bond donors (Lipinski definition) is 1. The van der Waals surface area contributed by atoms with E-state index in [-0.39, 0.29) is 12.0 Å². The number of aliphatic hydroxyl groups is 1. The molecule has 1 saturated heterocycles. The predicted octanol–water partition coefficient (Wildman–Crippen LogP) is 1.42. The van der Waals surface area contributed by atoms with Gasteiger partial charge in [-0.15, -0.1) is 0 Å². The van der Waals surface area contributed by atoms with Gasteiger partial charge in [0.25, 0.3) is 0 Å². The van der Waals surface area contributed by atoms with E-state index in [2.05, 4.69) is 21.9 Å². The van der Waals surface area contributed by atoms with Gasteiger partial charge < -0.3 is 10.0 Å². The summed E-state index contributed by atoms with van der Waals surface area (Å²) in [5.41, 5.74) is 1.26. The molecular weight excluding hydrogens is 302 g/mol. The van der Waals surface area contributed by atoms with Crippen LogP contribution in [0.5, 0.6) is 0 Å². The summed E-state index contributed by atoms with van der Waals surface area (Å²) in [6.07, 6.45) is 1.19. The molecule has 0 bridgehead atoms. The first-order chi connectivity index (χ1) is 11.6. The number of carbonyl (C=O) groups excluding carboxylic acids is 1. The van der Waals surface area contributed by atoms with Gasteiger partial charge in [0, 0.05) is 45.7 Å². The molecule has 1 atom stereocenters. The van der Waals surface area contributed by atoms with Gasteiger partial charge in [-0.3, -0.25) is 14.6 Å². The largest absolute Gasteiger partial charge is 0.390 e. The van der Waals surface area contributed by atoms with Crippen molar-refractivity contribution in [1.29, 1.82) is 0 Å². The van der Waals surface area contributed by atoms with Crippen LogP contribution in [0.4, 0.5) is 0 Å². The lowest BCUT2D eigenvalue weighted by Crippen LogP contribution is -2.41. The van der Waals surface area contributed by atoms with E-state index in [1.54, 1.807) is 0 Å². The average Bonchev–Trinajstić information content (AvgIpc) is 2.80. The maximum absolute atomic E-state index is 11.8. The van der Waals surface area contributed by atoms with Gasteiger partial charge in [0.05, 0.1) is 6.10 Å². The second kappa shape index (κ2) is 9.77. The highest BCUT2D eigenvalue weighted by molar-refractivity contribution is 5.75. The Morgan fingerprint density at radius 2 is 1.96 bits per heavy atom. The van der Waals surface area contributed by atoms with Crippen molar-refractivity contribution in [3.8, 4) is 0 Å². The van der Waals surface area contributed by atoms with E-state index in [0.29, 0.717) is 19.5 Å². The van der Waals surface area contributed by atoms with Gasteiger partial charge in [-0.25, -0.2) is 0 Å². The normalized spacial score (nSPS) is 17.8. The third-order valence-corrected chi connectivity index (χ3v) is 4.53. The Hall–Kier alpha value is -1.43. The first-order valence-corrected chi connectivity index (χ1v) is 8.99. The van der Waals surface area contributed by atoms with Crippen molar-refractivity contribution in [2.24, 2.45) is 0 Å². The molecule has 1 N–H and O–H groups in total. The minimum atomic E-state index is -0.368. The summed E-state index contributed by atoms with van der Waals surface area (Å²) in [7, 11) is 2.04. The molecule has 0 radical (unpaired) electrons. The summed E-state index contributed by atoms with van der Waals surface area (Å²) in [4.78, 5) is 18.2. The van der Waals surface area contributed by atoms with Gasteiger partial charge in [0.2, 0.25) is 5.91 Å². The number of carbonyl (C=O) groups is 1. The molecule has 0 spiro atoms. The molecule has 24 heavy (non-hydrogen) atoms. The monoisotopic (exact) mass is 333 g/mol. The SMILES string of the molecule is CCC(=O)N1CCCN(CC(O)CN(C)Cc2ccccc2)CC1. The predicted molar refractivity (Wildman–Crippen MR) is 96.7 cm³/mol. The Balaban J connectivity index is 1.73. The number of nitrogens with zero attached hydrogens (tertiary/aromatic N) is 3. The van der Waals surface area contributed by atoms with Crippen LogP contribution in [0, 0.1) is 0 Å². The lowest BCUT2D eigenvalue weighted by Gasteiger charge is -2.26. The van der Waals surface area contributed by atoms with Gasteiger partial charge in [0.15, 0.2) is 0 Å². The highest BCUT2D eigenvalue weighted by atomic mass is 16.3. The fourth-order valence-corrected chi connectivity index (χ4v) is 3.30. The lowest BCUT2D eigenvalue weighted by molar-refractivity contribution is -0.130. The Morgan fingerprint density at radius 1 is 1.21 bits per heavy atom. The molecule has 1 fully saturated rings. The van der Waals surface area contributed by atoms with E-state index in [0.717, 1.165) is 39.1 Å². The van der Waals surface area contributed by atoms with E-state index in [1.165, 1.54) is 5.56 Å². The van der Waals surface area contributed by atoms with Crippen LogP contribution in [0.2, 0.25) is 0 Å². The molecule has 1 unspecified atom stereocenters. The molecule has 1 aromatic carbocycles. The van der Waals surface area contributed by atoms with Crippen molar-refractivity contribution in [3.63, 3.8) is 0 Å². The molecule has 5 heteroatoms. The Kier molecular flexibility index (Phi) is 7.69. The van der Waals surface area contributed by atoms with Gasteiger partial charge in [-0.2, -0.15) is 0 Å². The molecule has 1 heterocycles. The zero-order chi connectivity index (χ0) is 17.4. The number of hydrogen-bond acceptors (Lipinski definition) is 4.